The van der Waals surface area contributed by atoms with E-state index < -0.39 is 0 Å². The van der Waals surface area contributed by atoms with Crippen LogP contribution in [0.1, 0.15) is 31.2 Å². The van der Waals surface area contributed by atoms with Gasteiger partial charge < -0.3 is 14.2 Å². The SMILES string of the molecule is O=C(Cc1ccc2ncoc2c1)N1CCN(C(=O)C2CCCC2)CC1. The van der Waals surface area contributed by atoms with Gasteiger partial charge in [0.05, 0.1) is 6.42 Å². The van der Waals surface area contributed by atoms with Gasteiger partial charge in [-0.1, -0.05) is 18.9 Å². The summed E-state index contributed by atoms with van der Waals surface area (Å²) >= 11 is 0. The van der Waals surface area contributed by atoms with Gasteiger partial charge >= 0.3 is 0 Å². The maximum absolute atomic E-state index is 12.6. The number of rotatable bonds is 3. The zero-order chi connectivity index (χ0) is 17.2. The molecule has 2 heterocycles. The van der Waals surface area contributed by atoms with Gasteiger partial charge in [-0.15, -0.1) is 0 Å². The van der Waals surface area contributed by atoms with Crippen LogP contribution in [-0.4, -0.2) is 52.8 Å². The quantitative estimate of drug-likeness (QED) is 0.859. The van der Waals surface area contributed by atoms with Crippen LogP contribution in [0.5, 0.6) is 0 Å². The summed E-state index contributed by atoms with van der Waals surface area (Å²) in [4.78, 5) is 32.9. The highest BCUT2D eigenvalue weighted by Gasteiger charge is 2.30. The van der Waals surface area contributed by atoms with Crippen molar-refractivity contribution in [2.75, 3.05) is 26.2 Å². The fourth-order valence-electron chi connectivity index (χ4n) is 3.90. The summed E-state index contributed by atoms with van der Waals surface area (Å²) in [6.45, 7) is 2.56. The molecule has 1 aliphatic heterocycles. The Kier molecular flexibility index (Phi) is 4.42. The molecule has 0 radical (unpaired) electrons. The van der Waals surface area contributed by atoms with Crippen molar-refractivity contribution in [2.45, 2.75) is 32.1 Å². The predicted octanol–water partition coefficient (Wildman–Crippen LogP) is 2.23. The summed E-state index contributed by atoms with van der Waals surface area (Å²) in [5.74, 6) is 0.614. The Morgan fingerprint density at radius 3 is 2.56 bits per heavy atom. The van der Waals surface area contributed by atoms with Gasteiger partial charge in [-0.3, -0.25) is 9.59 Å². The minimum absolute atomic E-state index is 0.104. The predicted molar refractivity (Wildman–Crippen MR) is 92.8 cm³/mol. The number of carbonyl (C=O) groups excluding carboxylic acids is 2. The molecule has 2 fully saturated rings. The summed E-state index contributed by atoms with van der Waals surface area (Å²) in [7, 11) is 0. The van der Waals surface area contributed by atoms with Crippen molar-refractivity contribution in [2.24, 2.45) is 5.92 Å². The minimum Gasteiger partial charge on any atom is -0.443 e. The summed E-state index contributed by atoms with van der Waals surface area (Å²) < 4.78 is 5.29. The standard InChI is InChI=1S/C19H23N3O3/c23-18(12-14-5-6-16-17(11-14)25-13-20-16)21-7-9-22(10-8-21)19(24)15-3-1-2-4-15/h5-6,11,13,15H,1-4,7-10,12H2. The van der Waals surface area contributed by atoms with E-state index in [4.69, 9.17) is 4.42 Å². The Balaban J connectivity index is 1.32. The first-order valence-corrected chi connectivity index (χ1v) is 9.09. The molecule has 1 aromatic heterocycles. The van der Waals surface area contributed by atoms with E-state index in [1.807, 2.05) is 28.0 Å². The zero-order valence-electron chi connectivity index (χ0n) is 14.3. The molecule has 2 aromatic rings. The highest BCUT2D eigenvalue weighted by molar-refractivity contribution is 5.82. The molecule has 0 atom stereocenters. The van der Waals surface area contributed by atoms with Gasteiger partial charge in [0.15, 0.2) is 12.0 Å². The first kappa shape index (κ1) is 16.1. The van der Waals surface area contributed by atoms with Crippen molar-refractivity contribution < 1.29 is 14.0 Å². The van der Waals surface area contributed by atoms with E-state index in [0.717, 1.165) is 23.9 Å². The minimum atomic E-state index is 0.104. The molecule has 1 aromatic carbocycles. The molecule has 1 saturated heterocycles. The molecule has 2 aliphatic rings. The van der Waals surface area contributed by atoms with Crippen molar-refractivity contribution in [3.63, 3.8) is 0 Å². The topological polar surface area (TPSA) is 66.7 Å². The van der Waals surface area contributed by atoms with Crippen LogP contribution in [-0.2, 0) is 16.0 Å². The van der Waals surface area contributed by atoms with E-state index in [0.29, 0.717) is 44.1 Å². The van der Waals surface area contributed by atoms with Crippen molar-refractivity contribution in [3.05, 3.63) is 30.2 Å². The average Bonchev–Trinajstić information content (AvgIpc) is 3.32. The van der Waals surface area contributed by atoms with Crippen LogP contribution in [0.15, 0.2) is 29.0 Å². The summed E-state index contributed by atoms with van der Waals surface area (Å²) in [5.41, 5.74) is 2.44. The molecule has 1 saturated carbocycles. The molecule has 2 amide bonds. The second-order valence-electron chi connectivity index (χ2n) is 7.02. The third kappa shape index (κ3) is 3.38. The monoisotopic (exact) mass is 341 g/mol. The first-order chi connectivity index (χ1) is 12.2. The van der Waals surface area contributed by atoms with Gasteiger partial charge in [0.1, 0.15) is 5.52 Å². The smallest absolute Gasteiger partial charge is 0.227 e. The lowest BCUT2D eigenvalue weighted by molar-refractivity contribution is -0.141. The fourth-order valence-corrected chi connectivity index (χ4v) is 3.90. The highest BCUT2D eigenvalue weighted by Crippen LogP contribution is 2.27. The molecule has 0 N–H and O–H groups in total. The Morgan fingerprint density at radius 1 is 1.08 bits per heavy atom. The molecule has 6 nitrogen and oxygen atoms in total. The van der Waals surface area contributed by atoms with Crippen LogP contribution in [0.3, 0.4) is 0 Å². The lowest BCUT2D eigenvalue weighted by Crippen LogP contribution is -2.52. The van der Waals surface area contributed by atoms with Crippen LogP contribution >= 0.6 is 0 Å². The summed E-state index contributed by atoms with van der Waals surface area (Å²) in [6, 6.07) is 5.67. The number of fused-ring (bicyclic) bond motifs is 1. The molecular weight excluding hydrogens is 318 g/mol. The number of benzene rings is 1. The Labute approximate surface area is 146 Å². The maximum Gasteiger partial charge on any atom is 0.227 e. The summed E-state index contributed by atoms with van der Waals surface area (Å²) in [5, 5.41) is 0. The molecule has 4 rings (SSSR count). The normalized spacial score (nSPS) is 18.9. The number of aromatic nitrogens is 1. The Bertz CT molecular complexity index is 771. The average molecular weight is 341 g/mol. The molecule has 6 heteroatoms. The second-order valence-corrected chi connectivity index (χ2v) is 7.02. The third-order valence-corrected chi connectivity index (χ3v) is 5.40. The van der Waals surface area contributed by atoms with Gasteiger partial charge in [0, 0.05) is 32.1 Å². The first-order valence-electron chi connectivity index (χ1n) is 9.09. The van der Waals surface area contributed by atoms with E-state index in [-0.39, 0.29) is 11.8 Å². The van der Waals surface area contributed by atoms with Crippen molar-refractivity contribution in [1.29, 1.82) is 0 Å². The summed E-state index contributed by atoms with van der Waals surface area (Å²) in [6.07, 6.45) is 6.17. The molecule has 0 unspecified atom stereocenters. The van der Waals surface area contributed by atoms with Crippen LogP contribution < -0.4 is 0 Å². The van der Waals surface area contributed by atoms with Gasteiger partial charge in [0.25, 0.3) is 0 Å². The Hall–Kier alpha value is -2.37. The number of piperazine rings is 1. The fraction of sp³-hybridized carbons (Fsp3) is 0.526. The lowest BCUT2D eigenvalue weighted by atomic mass is 10.1. The van der Waals surface area contributed by atoms with Gasteiger partial charge in [0.2, 0.25) is 11.8 Å². The molecule has 0 bridgehead atoms. The molecule has 1 aliphatic carbocycles. The van der Waals surface area contributed by atoms with E-state index in [2.05, 4.69) is 4.98 Å². The van der Waals surface area contributed by atoms with E-state index in [1.54, 1.807) is 0 Å². The number of carbonyl (C=O) groups is 2. The lowest BCUT2D eigenvalue weighted by Gasteiger charge is -2.36. The van der Waals surface area contributed by atoms with Gasteiger partial charge in [-0.05, 0) is 30.5 Å². The molecule has 25 heavy (non-hydrogen) atoms. The maximum atomic E-state index is 12.6. The largest absolute Gasteiger partial charge is 0.443 e. The Morgan fingerprint density at radius 2 is 1.80 bits per heavy atom. The van der Waals surface area contributed by atoms with Crippen molar-refractivity contribution in [3.8, 4) is 0 Å². The molecule has 132 valence electrons. The second kappa shape index (κ2) is 6.86. The number of oxazole rings is 1. The number of hydrogen-bond donors (Lipinski definition) is 0. The van der Waals surface area contributed by atoms with E-state index in [1.165, 1.54) is 19.2 Å². The van der Waals surface area contributed by atoms with Crippen LogP contribution in [0.2, 0.25) is 0 Å². The number of hydrogen-bond acceptors (Lipinski definition) is 4. The van der Waals surface area contributed by atoms with Crippen molar-refractivity contribution >= 4 is 22.9 Å². The van der Waals surface area contributed by atoms with Gasteiger partial charge in [-0.25, -0.2) is 4.98 Å². The van der Waals surface area contributed by atoms with Crippen molar-refractivity contribution in [1.82, 2.24) is 14.8 Å². The highest BCUT2D eigenvalue weighted by atomic mass is 16.3. The van der Waals surface area contributed by atoms with E-state index >= 15 is 0 Å². The molecule has 0 spiro atoms. The van der Waals surface area contributed by atoms with Crippen LogP contribution in [0.4, 0.5) is 0 Å². The molecular formula is C19H23N3O3. The van der Waals surface area contributed by atoms with Gasteiger partial charge in [-0.2, -0.15) is 0 Å². The zero-order valence-corrected chi connectivity index (χ0v) is 14.3. The van der Waals surface area contributed by atoms with E-state index in [9.17, 15) is 9.59 Å². The third-order valence-electron chi connectivity index (χ3n) is 5.40. The number of nitrogens with zero attached hydrogens (tertiary/aromatic N) is 3. The van der Waals surface area contributed by atoms with Crippen LogP contribution in [0, 0.1) is 5.92 Å². The number of amides is 2. The van der Waals surface area contributed by atoms with Crippen LogP contribution in [0.25, 0.3) is 11.1 Å².